The SMILES string of the molecule is O=C(O)c1cccc(-c2ccc(-c3nn[nH]c3C(=O)O)cc2)c1. The van der Waals surface area contributed by atoms with Gasteiger partial charge in [0.25, 0.3) is 0 Å². The van der Waals surface area contributed by atoms with Crippen LogP contribution < -0.4 is 0 Å². The first-order valence-electron chi connectivity index (χ1n) is 6.65. The second-order valence-corrected chi connectivity index (χ2v) is 4.80. The molecule has 23 heavy (non-hydrogen) atoms. The van der Waals surface area contributed by atoms with Crippen molar-refractivity contribution in [3.8, 4) is 22.4 Å². The quantitative estimate of drug-likeness (QED) is 0.682. The van der Waals surface area contributed by atoms with Crippen molar-refractivity contribution < 1.29 is 19.8 Å². The summed E-state index contributed by atoms with van der Waals surface area (Å²) in [6.45, 7) is 0. The van der Waals surface area contributed by atoms with E-state index < -0.39 is 11.9 Å². The van der Waals surface area contributed by atoms with E-state index in [4.69, 9.17) is 10.2 Å². The van der Waals surface area contributed by atoms with Gasteiger partial charge in [0.05, 0.1) is 5.56 Å². The van der Waals surface area contributed by atoms with Gasteiger partial charge in [0.2, 0.25) is 0 Å². The molecule has 0 amide bonds. The lowest BCUT2D eigenvalue weighted by Crippen LogP contribution is -1.99. The fourth-order valence-corrected chi connectivity index (χ4v) is 2.23. The van der Waals surface area contributed by atoms with Gasteiger partial charge in [0.15, 0.2) is 5.69 Å². The molecule has 0 atom stereocenters. The summed E-state index contributed by atoms with van der Waals surface area (Å²) in [5.41, 5.74) is 2.56. The van der Waals surface area contributed by atoms with Gasteiger partial charge in [0, 0.05) is 5.56 Å². The first-order chi connectivity index (χ1) is 11.1. The molecule has 1 heterocycles. The third-order valence-electron chi connectivity index (χ3n) is 3.36. The van der Waals surface area contributed by atoms with Gasteiger partial charge in [-0.2, -0.15) is 0 Å². The highest BCUT2D eigenvalue weighted by Crippen LogP contribution is 2.25. The smallest absolute Gasteiger partial charge is 0.356 e. The number of carboxylic acid groups (broad SMARTS) is 2. The van der Waals surface area contributed by atoms with E-state index in [0.717, 1.165) is 11.1 Å². The number of carbonyl (C=O) groups is 2. The summed E-state index contributed by atoms with van der Waals surface area (Å²) < 4.78 is 0. The minimum absolute atomic E-state index is 0.0781. The van der Waals surface area contributed by atoms with Crippen molar-refractivity contribution in [3.63, 3.8) is 0 Å². The van der Waals surface area contributed by atoms with Crippen LogP contribution in [0.15, 0.2) is 48.5 Å². The summed E-state index contributed by atoms with van der Waals surface area (Å²) in [4.78, 5) is 22.1. The van der Waals surface area contributed by atoms with Crippen LogP contribution in [0.3, 0.4) is 0 Å². The molecule has 114 valence electrons. The molecule has 0 aliphatic heterocycles. The normalized spacial score (nSPS) is 10.4. The van der Waals surface area contributed by atoms with E-state index in [9.17, 15) is 9.59 Å². The molecule has 0 radical (unpaired) electrons. The van der Waals surface area contributed by atoms with Crippen LogP contribution in [-0.2, 0) is 0 Å². The van der Waals surface area contributed by atoms with E-state index in [1.807, 2.05) is 0 Å². The van der Waals surface area contributed by atoms with E-state index in [2.05, 4.69) is 15.4 Å². The van der Waals surface area contributed by atoms with Gasteiger partial charge in [-0.3, -0.25) is 5.10 Å². The third kappa shape index (κ3) is 2.80. The second-order valence-electron chi connectivity index (χ2n) is 4.80. The molecule has 0 saturated carbocycles. The Bertz CT molecular complexity index is 884. The van der Waals surface area contributed by atoms with Crippen molar-refractivity contribution in [3.05, 3.63) is 59.8 Å². The maximum absolute atomic E-state index is 11.1. The molecular formula is C16H11N3O4. The number of nitrogens with zero attached hydrogens (tertiary/aromatic N) is 2. The van der Waals surface area contributed by atoms with Gasteiger partial charge in [-0.15, -0.1) is 5.10 Å². The number of hydrogen-bond donors (Lipinski definition) is 3. The Balaban J connectivity index is 1.96. The van der Waals surface area contributed by atoms with E-state index in [0.29, 0.717) is 5.56 Å². The van der Waals surface area contributed by atoms with Gasteiger partial charge in [0.1, 0.15) is 5.69 Å². The van der Waals surface area contributed by atoms with Crippen LogP contribution >= 0.6 is 0 Å². The minimum Gasteiger partial charge on any atom is -0.478 e. The number of hydrogen-bond acceptors (Lipinski definition) is 4. The highest BCUT2D eigenvalue weighted by atomic mass is 16.4. The largest absolute Gasteiger partial charge is 0.478 e. The summed E-state index contributed by atoms with van der Waals surface area (Å²) in [5, 5.41) is 27.7. The van der Waals surface area contributed by atoms with Crippen LogP contribution in [0.2, 0.25) is 0 Å². The predicted molar refractivity (Wildman–Crippen MR) is 81.2 cm³/mol. The van der Waals surface area contributed by atoms with Crippen molar-refractivity contribution in [2.45, 2.75) is 0 Å². The maximum atomic E-state index is 11.1. The number of H-pyrrole nitrogens is 1. The topological polar surface area (TPSA) is 116 Å². The fraction of sp³-hybridized carbons (Fsp3) is 0. The molecule has 3 N–H and O–H groups in total. The van der Waals surface area contributed by atoms with Crippen molar-refractivity contribution in [2.75, 3.05) is 0 Å². The van der Waals surface area contributed by atoms with E-state index >= 15 is 0 Å². The molecule has 0 unspecified atom stereocenters. The van der Waals surface area contributed by atoms with Crippen LogP contribution in [0.4, 0.5) is 0 Å². The Morgan fingerprint density at radius 2 is 1.57 bits per heavy atom. The summed E-state index contributed by atoms with van der Waals surface area (Å²) in [7, 11) is 0. The summed E-state index contributed by atoms with van der Waals surface area (Å²) >= 11 is 0. The lowest BCUT2D eigenvalue weighted by molar-refractivity contribution is 0.0683. The lowest BCUT2D eigenvalue weighted by atomic mass is 10.0. The van der Waals surface area contributed by atoms with Crippen LogP contribution in [0, 0.1) is 0 Å². The number of carboxylic acids is 2. The summed E-state index contributed by atoms with van der Waals surface area (Å²) in [6.07, 6.45) is 0. The maximum Gasteiger partial charge on any atom is 0.356 e. The molecule has 0 fully saturated rings. The van der Waals surface area contributed by atoms with Crippen LogP contribution in [0.1, 0.15) is 20.8 Å². The Hall–Kier alpha value is -3.48. The zero-order valence-electron chi connectivity index (χ0n) is 11.7. The molecular weight excluding hydrogens is 298 g/mol. The highest BCUT2D eigenvalue weighted by molar-refractivity contribution is 5.92. The van der Waals surface area contributed by atoms with E-state index in [-0.39, 0.29) is 17.0 Å². The Morgan fingerprint density at radius 1 is 0.870 bits per heavy atom. The van der Waals surface area contributed by atoms with Gasteiger partial charge < -0.3 is 10.2 Å². The molecule has 0 aliphatic rings. The average molecular weight is 309 g/mol. The molecule has 2 aromatic carbocycles. The van der Waals surface area contributed by atoms with Crippen LogP contribution in [-0.4, -0.2) is 37.6 Å². The van der Waals surface area contributed by atoms with Crippen molar-refractivity contribution in [2.24, 2.45) is 0 Å². The number of benzene rings is 2. The number of rotatable bonds is 4. The van der Waals surface area contributed by atoms with Crippen LogP contribution in [0.25, 0.3) is 22.4 Å². The average Bonchev–Trinajstić information content (AvgIpc) is 3.05. The summed E-state index contributed by atoms with van der Waals surface area (Å²) in [6, 6.07) is 13.6. The number of aromatic carboxylic acids is 2. The van der Waals surface area contributed by atoms with Crippen molar-refractivity contribution in [1.29, 1.82) is 0 Å². The summed E-state index contributed by atoms with van der Waals surface area (Å²) in [5.74, 6) is -2.12. The fourth-order valence-electron chi connectivity index (χ4n) is 2.23. The minimum atomic E-state index is -1.14. The first kappa shape index (κ1) is 14.5. The molecule has 7 nitrogen and oxygen atoms in total. The van der Waals surface area contributed by atoms with Gasteiger partial charge in [-0.25, -0.2) is 9.59 Å². The predicted octanol–water partition coefficient (Wildman–Crippen LogP) is 2.54. The monoisotopic (exact) mass is 309 g/mol. The van der Waals surface area contributed by atoms with Crippen molar-refractivity contribution in [1.82, 2.24) is 15.4 Å². The van der Waals surface area contributed by atoms with Gasteiger partial charge in [-0.05, 0) is 23.3 Å². The van der Waals surface area contributed by atoms with E-state index in [1.165, 1.54) is 6.07 Å². The molecule has 7 heteroatoms. The van der Waals surface area contributed by atoms with E-state index in [1.54, 1.807) is 42.5 Å². The second kappa shape index (κ2) is 5.72. The molecule has 3 rings (SSSR count). The highest BCUT2D eigenvalue weighted by Gasteiger charge is 2.16. The molecule has 0 spiro atoms. The Morgan fingerprint density at radius 3 is 2.22 bits per heavy atom. The number of nitrogens with one attached hydrogen (secondary N) is 1. The zero-order chi connectivity index (χ0) is 16.4. The molecule has 0 aliphatic carbocycles. The molecule has 1 aromatic heterocycles. The standard InChI is InChI=1S/C16H11N3O4/c20-15(21)12-3-1-2-11(8-12)9-4-6-10(7-5-9)13-14(16(22)23)18-19-17-13/h1-8H,(H,20,21)(H,22,23)(H,17,18,19). The van der Waals surface area contributed by atoms with Gasteiger partial charge in [-0.1, -0.05) is 41.6 Å². The molecule has 3 aromatic rings. The Labute approximate surface area is 130 Å². The van der Waals surface area contributed by atoms with Crippen molar-refractivity contribution >= 4 is 11.9 Å². The van der Waals surface area contributed by atoms with Gasteiger partial charge >= 0.3 is 11.9 Å². The lowest BCUT2D eigenvalue weighted by Gasteiger charge is -2.04. The molecule has 0 bridgehead atoms. The third-order valence-corrected chi connectivity index (χ3v) is 3.36. The first-order valence-corrected chi connectivity index (χ1v) is 6.65. The molecule has 0 saturated heterocycles. The number of aromatic nitrogens is 3. The zero-order valence-corrected chi connectivity index (χ0v) is 11.7. The Kier molecular flexibility index (Phi) is 3.60. The van der Waals surface area contributed by atoms with Crippen LogP contribution in [0.5, 0.6) is 0 Å². The number of aromatic amines is 1.